The second-order valence-electron chi connectivity index (χ2n) is 12.8. The van der Waals surface area contributed by atoms with Crippen LogP contribution in [0, 0.1) is 0 Å². The van der Waals surface area contributed by atoms with Crippen molar-refractivity contribution in [2.75, 3.05) is 14.2 Å². The Morgan fingerprint density at radius 2 is 0.956 bits per heavy atom. The summed E-state index contributed by atoms with van der Waals surface area (Å²) in [6.07, 6.45) is 19.9. The number of unbranched alkanes of at least 4 members (excludes halogenated alkanes) is 10. The van der Waals surface area contributed by atoms with Crippen LogP contribution in [0.2, 0.25) is 12.6 Å². The van der Waals surface area contributed by atoms with Gasteiger partial charge in [-0.25, -0.2) is 10.9 Å². The summed E-state index contributed by atoms with van der Waals surface area (Å²) in [7, 11) is 3.51. The van der Waals surface area contributed by atoms with E-state index in [-0.39, 0.29) is 0 Å². The topological polar surface area (TPSA) is 22.3 Å². The van der Waals surface area contributed by atoms with Crippen molar-refractivity contribution in [3.8, 4) is 11.5 Å². The zero-order valence-electron chi connectivity index (χ0n) is 29.1. The van der Waals surface area contributed by atoms with E-state index in [9.17, 15) is 0 Å². The zero-order chi connectivity index (χ0) is 32.2. The van der Waals surface area contributed by atoms with E-state index in [1.54, 1.807) is 14.2 Å². The Morgan fingerprint density at radius 3 is 1.42 bits per heavy atom. The van der Waals surface area contributed by atoms with Crippen molar-refractivity contribution in [3.63, 3.8) is 0 Å². The third-order valence-corrected chi connectivity index (χ3v) is 9.74. The molecule has 0 bridgehead atoms. The Kier molecular flexibility index (Phi) is 16.7. The highest BCUT2D eigenvalue weighted by Gasteiger charge is 2.27. The Labute approximate surface area is 275 Å². The Bertz CT molecular complexity index is 1270. The van der Waals surface area contributed by atoms with Crippen LogP contribution in [0.3, 0.4) is 0 Å². The Hall–Kier alpha value is -3.27. The minimum Gasteiger partial charge on any atom is -0.497 e. The first-order valence-corrected chi connectivity index (χ1v) is 18.0. The molecule has 0 aliphatic heterocycles. The fourth-order valence-electron chi connectivity index (χ4n) is 6.99. The zero-order valence-corrected chi connectivity index (χ0v) is 29.1. The standard InChI is InChI=1S/C30H48BO2.C11H12N/c1-5-7-9-11-13-15-25-31(26-16-14-12-10-8-6-2,27-17-21-29(32-3)22-18-27)28-19-23-30(33-4)24-20-28;1-2-12-9-5-7-10-6-3-4-8-11(10)12/h17-24H,5-16,25-26H2,1-4H3;3-9H,2H2,1H3/q-1;+1. The van der Waals surface area contributed by atoms with Crippen LogP contribution >= 0.6 is 0 Å². The van der Waals surface area contributed by atoms with E-state index in [0.717, 1.165) is 18.0 Å². The van der Waals surface area contributed by atoms with Gasteiger partial charge >= 0.3 is 0 Å². The summed E-state index contributed by atoms with van der Waals surface area (Å²) in [6.45, 7) is 7.78. The highest BCUT2D eigenvalue weighted by Crippen LogP contribution is 2.26. The molecule has 45 heavy (non-hydrogen) atoms. The van der Waals surface area contributed by atoms with Crippen molar-refractivity contribution >= 4 is 28.0 Å². The molecule has 0 aliphatic carbocycles. The molecule has 0 radical (unpaired) electrons. The minimum atomic E-state index is -0.813. The second kappa shape index (κ2) is 20.7. The summed E-state index contributed by atoms with van der Waals surface area (Å²) in [5, 5.41) is 1.31. The number of benzene rings is 3. The molecular weight excluding hydrogens is 549 g/mol. The molecule has 4 aromatic rings. The lowest BCUT2D eigenvalue weighted by atomic mass is 9.15. The lowest BCUT2D eigenvalue weighted by Crippen LogP contribution is -2.58. The van der Waals surface area contributed by atoms with Crippen LogP contribution in [0.1, 0.15) is 97.8 Å². The van der Waals surface area contributed by atoms with Gasteiger partial charge in [0.15, 0.2) is 6.20 Å². The molecule has 0 N–H and O–H groups in total. The average molecular weight is 610 g/mol. The number of pyridine rings is 1. The molecule has 0 spiro atoms. The first-order chi connectivity index (χ1) is 22.1. The normalized spacial score (nSPS) is 11.2. The Morgan fingerprint density at radius 1 is 0.511 bits per heavy atom. The number of fused-ring (bicyclic) bond motifs is 1. The number of ether oxygens (including phenoxy) is 2. The summed E-state index contributed by atoms with van der Waals surface area (Å²) >= 11 is 0. The van der Waals surface area contributed by atoms with Crippen molar-refractivity contribution in [3.05, 3.63) is 91.1 Å². The maximum atomic E-state index is 5.48. The predicted molar refractivity (Wildman–Crippen MR) is 197 cm³/mol. The van der Waals surface area contributed by atoms with Crippen LogP contribution in [0.25, 0.3) is 10.9 Å². The summed E-state index contributed by atoms with van der Waals surface area (Å²) < 4.78 is 13.2. The van der Waals surface area contributed by atoms with Gasteiger partial charge < -0.3 is 9.47 Å². The van der Waals surface area contributed by atoms with E-state index in [4.69, 9.17) is 9.47 Å². The molecule has 0 fully saturated rings. The second-order valence-corrected chi connectivity index (χ2v) is 12.8. The molecule has 244 valence electrons. The molecular formula is C41H60BNO2. The number of aromatic nitrogens is 1. The maximum absolute atomic E-state index is 5.48. The average Bonchev–Trinajstić information content (AvgIpc) is 3.10. The van der Waals surface area contributed by atoms with Gasteiger partial charge in [0, 0.05) is 17.5 Å². The number of hydrogen-bond acceptors (Lipinski definition) is 2. The monoisotopic (exact) mass is 609 g/mol. The molecule has 0 atom stereocenters. The largest absolute Gasteiger partial charge is 0.497 e. The molecule has 0 saturated carbocycles. The third kappa shape index (κ3) is 11.2. The van der Waals surface area contributed by atoms with Crippen LogP contribution in [0.15, 0.2) is 91.1 Å². The molecule has 0 amide bonds. The molecule has 0 aliphatic rings. The number of rotatable bonds is 19. The minimum absolute atomic E-state index is 0.813. The molecule has 3 nitrogen and oxygen atoms in total. The Balaban J connectivity index is 0.000000379. The van der Waals surface area contributed by atoms with Gasteiger partial charge in [0.2, 0.25) is 5.52 Å². The van der Waals surface area contributed by atoms with Crippen LogP contribution in [-0.2, 0) is 6.54 Å². The molecule has 1 heterocycles. The number of aryl methyl sites for hydroxylation is 1. The van der Waals surface area contributed by atoms with Crippen LogP contribution in [0.5, 0.6) is 11.5 Å². The van der Waals surface area contributed by atoms with Gasteiger partial charge in [-0.15, -0.1) is 0 Å². The van der Waals surface area contributed by atoms with Crippen molar-refractivity contribution < 1.29 is 14.0 Å². The number of para-hydroxylation sites is 1. The SMILES string of the molecule is CCCCCCCC[B-](CCCCCCCC)(c1ccc(OC)cc1)c1ccc(OC)cc1.CC[n+]1cccc2ccccc21. The van der Waals surface area contributed by atoms with Gasteiger partial charge in [-0.1, -0.05) is 127 Å². The smallest absolute Gasteiger partial charge is 0.212 e. The van der Waals surface area contributed by atoms with Crippen molar-refractivity contribution in [2.24, 2.45) is 0 Å². The van der Waals surface area contributed by atoms with E-state index in [2.05, 4.69) is 116 Å². The van der Waals surface area contributed by atoms with Crippen LogP contribution in [0.4, 0.5) is 0 Å². The van der Waals surface area contributed by atoms with E-state index < -0.39 is 6.15 Å². The first-order valence-electron chi connectivity index (χ1n) is 18.0. The van der Waals surface area contributed by atoms with Crippen LogP contribution in [-0.4, -0.2) is 20.4 Å². The van der Waals surface area contributed by atoms with Crippen LogP contribution < -0.4 is 25.0 Å². The number of hydrogen-bond donors (Lipinski definition) is 0. The lowest BCUT2D eigenvalue weighted by molar-refractivity contribution is -0.667. The van der Waals surface area contributed by atoms with Crippen molar-refractivity contribution in [1.29, 1.82) is 0 Å². The van der Waals surface area contributed by atoms with E-state index in [1.165, 1.54) is 112 Å². The summed E-state index contributed by atoms with van der Waals surface area (Å²) in [4.78, 5) is 0. The molecule has 4 heteroatoms. The number of nitrogens with zero attached hydrogens (tertiary/aromatic N) is 1. The molecule has 1 aromatic heterocycles. The highest BCUT2D eigenvalue weighted by molar-refractivity contribution is 7.02. The van der Waals surface area contributed by atoms with Gasteiger partial charge in [-0.3, -0.25) is 0 Å². The molecule has 3 aromatic carbocycles. The van der Waals surface area contributed by atoms with Gasteiger partial charge in [-0.2, -0.15) is 17.2 Å². The fourth-order valence-corrected chi connectivity index (χ4v) is 6.99. The third-order valence-electron chi connectivity index (χ3n) is 9.74. The van der Waals surface area contributed by atoms with Gasteiger partial charge in [0.25, 0.3) is 0 Å². The summed E-state index contributed by atoms with van der Waals surface area (Å²) in [5.41, 5.74) is 4.29. The molecule has 0 unspecified atom stereocenters. The predicted octanol–water partition coefficient (Wildman–Crippen LogP) is 10.1. The summed E-state index contributed by atoms with van der Waals surface area (Å²) in [6, 6.07) is 30.6. The lowest BCUT2D eigenvalue weighted by Gasteiger charge is -2.42. The first kappa shape index (κ1) is 36.2. The van der Waals surface area contributed by atoms with Crippen molar-refractivity contribution in [1.82, 2.24) is 0 Å². The quantitative estimate of drug-likeness (QED) is 0.0600. The van der Waals surface area contributed by atoms with E-state index >= 15 is 0 Å². The number of methoxy groups -OCH3 is 2. The molecule has 4 rings (SSSR count). The van der Waals surface area contributed by atoms with Crippen molar-refractivity contribution in [2.45, 2.75) is 117 Å². The van der Waals surface area contributed by atoms with Gasteiger partial charge in [0.1, 0.15) is 18.0 Å². The van der Waals surface area contributed by atoms with Gasteiger partial charge in [0.05, 0.1) is 20.4 Å². The summed E-state index contributed by atoms with van der Waals surface area (Å²) in [5.74, 6) is 1.88. The maximum Gasteiger partial charge on any atom is 0.212 e. The van der Waals surface area contributed by atoms with Gasteiger partial charge in [-0.05, 0) is 43.3 Å². The van der Waals surface area contributed by atoms with E-state index in [0.29, 0.717) is 0 Å². The highest BCUT2D eigenvalue weighted by atomic mass is 16.5. The molecule has 0 saturated heterocycles. The van der Waals surface area contributed by atoms with E-state index in [1.807, 2.05) is 0 Å². The fraction of sp³-hybridized carbons (Fsp3) is 0.488.